The molecule has 1 atom stereocenters. The SMILES string of the molecule is Cc1cc(CC(NC(=O)N2CCC(c3cc4ccccc4n(COC(=O)C(C)(C)c4ccccc4)c3=O)CC2)C(=O)N2CCN(C3CCN(C)CC3)CC2)cc2cn(COC(=O)C(C)(C)c3ccccc3)nc12.O=C(O)C(F)(F)F. The number of alkyl halides is 3. The number of piperazine rings is 1. The highest BCUT2D eigenvalue weighted by molar-refractivity contribution is 5.89. The quantitative estimate of drug-likeness (QED) is 0.100. The molecular formula is C60H71F3N8O9. The number of carboxylic acid groups (broad SMARTS) is 1. The summed E-state index contributed by atoms with van der Waals surface area (Å²) in [6.07, 6.45) is 0.345. The number of carbonyl (C=O) groups excluding carboxylic acids is 4. The van der Waals surface area contributed by atoms with Crippen molar-refractivity contribution in [1.29, 1.82) is 0 Å². The number of amides is 3. The number of aromatic nitrogens is 3. The van der Waals surface area contributed by atoms with E-state index in [1.807, 2.05) is 149 Å². The molecule has 0 aliphatic carbocycles. The number of benzene rings is 4. The number of urea groups is 1. The number of nitrogens with zero attached hydrogens (tertiary/aromatic N) is 7. The van der Waals surface area contributed by atoms with Crippen LogP contribution in [0.25, 0.3) is 21.8 Å². The van der Waals surface area contributed by atoms with Gasteiger partial charge >= 0.3 is 30.1 Å². The average molecular weight is 1110 g/mol. The lowest BCUT2D eigenvalue weighted by Gasteiger charge is -2.43. The first-order chi connectivity index (χ1) is 38.0. The molecule has 80 heavy (non-hydrogen) atoms. The molecule has 0 spiro atoms. The van der Waals surface area contributed by atoms with E-state index in [1.54, 1.807) is 14.1 Å². The minimum absolute atomic E-state index is 0.0595. The van der Waals surface area contributed by atoms with Crippen LogP contribution in [0.5, 0.6) is 0 Å². The second-order valence-corrected chi connectivity index (χ2v) is 22.2. The highest BCUT2D eigenvalue weighted by atomic mass is 19.4. The third-order valence-corrected chi connectivity index (χ3v) is 15.9. The van der Waals surface area contributed by atoms with Gasteiger partial charge < -0.3 is 34.6 Å². The lowest BCUT2D eigenvalue weighted by Crippen LogP contribution is -2.59. The molecule has 3 aliphatic rings. The molecule has 2 N–H and O–H groups in total. The third-order valence-electron chi connectivity index (χ3n) is 15.9. The Morgan fingerprint density at radius 2 is 1.25 bits per heavy atom. The Balaban J connectivity index is 0.00000113. The highest BCUT2D eigenvalue weighted by Gasteiger charge is 2.39. The first-order valence-electron chi connectivity index (χ1n) is 27.1. The molecule has 3 amide bonds. The number of esters is 2. The van der Waals surface area contributed by atoms with Gasteiger partial charge in [-0.15, -0.1) is 0 Å². The molecule has 3 fully saturated rings. The molecule has 4 aromatic carbocycles. The van der Waals surface area contributed by atoms with Crippen molar-refractivity contribution in [3.05, 3.63) is 147 Å². The van der Waals surface area contributed by atoms with Gasteiger partial charge in [-0.1, -0.05) is 84.9 Å². The minimum Gasteiger partial charge on any atom is -0.475 e. The lowest BCUT2D eigenvalue weighted by atomic mass is 9.85. The van der Waals surface area contributed by atoms with Crippen molar-refractivity contribution in [2.45, 2.75) is 115 Å². The summed E-state index contributed by atoms with van der Waals surface area (Å²) in [5, 5.41) is 16.8. The smallest absolute Gasteiger partial charge is 0.475 e. The summed E-state index contributed by atoms with van der Waals surface area (Å²) < 4.78 is 46.6. The summed E-state index contributed by atoms with van der Waals surface area (Å²) in [6.45, 7) is 14.7. The number of para-hydroxylation sites is 1. The standard InChI is InChI=1S/C58H70N8O7.C2HF3O2/c1-40-33-41(34-44-37-65(60-51(40)44)38-72-54(69)57(2,3)45-16-9-7-10-17-45)35-49(53(68)63-31-29-62(30-32-63)47-23-25-61(6)26-24-47)59-56(71)64-27-21-42(22-28-64)48-36-43-15-13-14-20-50(43)66(52(48)67)39-73-55(70)58(4,5)46-18-11-8-12-19-46;3-2(4,5)1(6)7/h7-20,33-34,36-37,42,47,49H,21-32,35,38-39H2,1-6H3,(H,59,71);(H,6,7). The van der Waals surface area contributed by atoms with Crippen LogP contribution in [0, 0.1) is 6.92 Å². The molecule has 3 saturated heterocycles. The van der Waals surface area contributed by atoms with Gasteiger partial charge in [-0.2, -0.15) is 18.3 Å². The number of aryl methyl sites for hydroxylation is 1. The molecule has 17 nitrogen and oxygen atoms in total. The van der Waals surface area contributed by atoms with Crippen molar-refractivity contribution in [2.75, 3.05) is 59.4 Å². The van der Waals surface area contributed by atoms with Crippen LogP contribution in [-0.2, 0) is 59.4 Å². The Hall–Kier alpha value is -7.58. The first-order valence-corrected chi connectivity index (χ1v) is 27.1. The van der Waals surface area contributed by atoms with E-state index in [4.69, 9.17) is 24.5 Å². The Kier molecular flexibility index (Phi) is 18.2. The van der Waals surface area contributed by atoms with Crippen LogP contribution in [0.3, 0.4) is 0 Å². The van der Waals surface area contributed by atoms with Gasteiger partial charge in [0, 0.05) is 68.9 Å². The number of pyridine rings is 1. The molecule has 426 valence electrons. The predicted molar refractivity (Wildman–Crippen MR) is 296 cm³/mol. The number of hydrogen-bond acceptors (Lipinski definition) is 11. The van der Waals surface area contributed by atoms with Crippen molar-refractivity contribution >= 4 is 51.7 Å². The van der Waals surface area contributed by atoms with Gasteiger partial charge in [0.15, 0.2) is 13.5 Å². The fourth-order valence-electron chi connectivity index (χ4n) is 10.9. The van der Waals surface area contributed by atoms with E-state index in [-0.39, 0.29) is 49.3 Å². The van der Waals surface area contributed by atoms with Gasteiger partial charge in [-0.3, -0.25) is 28.6 Å². The molecule has 6 aromatic rings. The van der Waals surface area contributed by atoms with E-state index >= 15 is 0 Å². The first kappa shape index (κ1) is 58.6. The Morgan fingerprint density at radius 3 is 1.82 bits per heavy atom. The number of halogens is 3. The fraction of sp³-hybridized carbons (Fsp3) is 0.450. The average Bonchev–Trinajstić information content (AvgIpc) is 3.88. The van der Waals surface area contributed by atoms with Crippen LogP contribution in [0.15, 0.2) is 114 Å². The molecular weight excluding hydrogens is 1030 g/mol. The van der Waals surface area contributed by atoms with Gasteiger partial charge in [0.25, 0.3) is 5.56 Å². The van der Waals surface area contributed by atoms with Crippen LogP contribution in [0.2, 0.25) is 0 Å². The van der Waals surface area contributed by atoms with E-state index in [0.29, 0.717) is 56.1 Å². The second-order valence-electron chi connectivity index (χ2n) is 22.2. The van der Waals surface area contributed by atoms with Crippen molar-refractivity contribution < 1.29 is 51.7 Å². The number of nitrogens with one attached hydrogen (secondary N) is 1. The Labute approximate surface area is 463 Å². The third kappa shape index (κ3) is 13.7. The summed E-state index contributed by atoms with van der Waals surface area (Å²) >= 11 is 0. The number of ether oxygens (including phenoxy) is 2. The van der Waals surface area contributed by atoms with Gasteiger partial charge in [0.1, 0.15) is 6.04 Å². The molecule has 0 bridgehead atoms. The normalized spacial score (nSPS) is 16.7. The zero-order valence-electron chi connectivity index (χ0n) is 46.2. The predicted octanol–water partition coefficient (Wildman–Crippen LogP) is 7.99. The van der Waals surface area contributed by atoms with Crippen molar-refractivity contribution in [3.8, 4) is 0 Å². The number of likely N-dealkylation sites (tertiary alicyclic amines) is 2. The highest BCUT2D eigenvalue weighted by Crippen LogP contribution is 2.31. The molecule has 1 unspecified atom stereocenters. The topological polar surface area (TPSA) is 189 Å². The number of carbonyl (C=O) groups is 5. The van der Waals surface area contributed by atoms with Gasteiger partial charge in [-0.05, 0) is 132 Å². The summed E-state index contributed by atoms with van der Waals surface area (Å²) in [5.41, 5.74) is 3.50. The van der Waals surface area contributed by atoms with Crippen LogP contribution < -0.4 is 10.9 Å². The molecule has 20 heteroatoms. The maximum Gasteiger partial charge on any atom is 0.490 e. The number of fused-ring (bicyclic) bond motifs is 2. The Morgan fingerprint density at radius 1 is 0.700 bits per heavy atom. The van der Waals surface area contributed by atoms with E-state index in [0.717, 1.165) is 77.6 Å². The molecule has 0 saturated carbocycles. The second kappa shape index (κ2) is 24.8. The van der Waals surface area contributed by atoms with E-state index < -0.39 is 35.0 Å². The van der Waals surface area contributed by atoms with Gasteiger partial charge in [0.05, 0.1) is 21.9 Å². The van der Waals surface area contributed by atoms with E-state index in [2.05, 4.69) is 22.2 Å². The van der Waals surface area contributed by atoms with Crippen LogP contribution in [0.1, 0.15) is 87.1 Å². The van der Waals surface area contributed by atoms with E-state index in [1.165, 1.54) is 0 Å². The Bertz CT molecular complexity index is 3230. The zero-order chi connectivity index (χ0) is 57.5. The number of aliphatic carboxylic acids is 1. The summed E-state index contributed by atoms with van der Waals surface area (Å²) in [5.74, 6) is -3.81. The van der Waals surface area contributed by atoms with Crippen molar-refractivity contribution in [1.82, 2.24) is 39.3 Å². The zero-order valence-corrected chi connectivity index (χ0v) is 46.2. The molecule has 5 heterocycles. The monoisotopic (exact) mass is 1100 g/mol. The van der Waals surface area contributed by atoms with Crippen molar-refractivity contribution in [2.24, 2.45) is 0 Å². The van der Waals surface area contributed by atoms with Crippen LogP contribution in [-0.4, -0.2) is 147 Å². The van der Waals surface area contributed by atoms with Crippen LogP contribution in [0.4, 0.5) is 18.0 Å². The molecule has 0 radical (unpaired) electrons. The van der Waals surface area contributed by atoms with Gasteiger partial charge in [0.2, 0.25) is 5.91 Å². The summed E-state index contributed by atoms with van der Waals surface area (Å²) in [7, 11) is 2.17. The van der Waals surface area contributed by atoms with Gasteiger partial charge in [-0.25, -0.2) is 14.3 Å². The lowest BCUT2D eigenvalue weighted by molar-refractivity contribution is -0.192. The van der Waals surface area contributed by atoms with E-state index in [9.17, 15) is 37.1 Å². The molecule has 2 aromatic heterocycles. The maximum absolute atomic E-state index is 14.7. The fourth-order valence-corrected chi connectivity index (χ4v) is 10.9. The number of rotatable bonds is 14. The number of carboxylic acids is 1. The van der Waals surface area contributed by atoms with Crippen molar-refractivity contribution in [3.63, 3.8) is 0 Å². The maximum atomic E-state index is 14.7. The summed E-state index contributed by atoms with van der Waals surface area (Å²) in [4.78, 5) is 87.7. The number of hydrogen-bond donors (Lipinski definition) is 2. The van der Waals surface area contributed by atoms with Crippen LogP contribution >= 0.6 is 0 Å². The number of piperidine rings is 2. The molecule has 3 aliphatic heterocycles. The largest absolute Gasteiger partial charge is 0.490 e. The minimum atomic E-state index is -5.08. The molecule has 9 rings (SSSR count). The summed E-state index contributed by atoms with van der Waals surface area (Å²) in [6, 6.07) is 31.9.